The topological polar surface area (TPSA) is 40.6 Å². The van der Waals surface area contributed by atoms with Gasteiger partial charge < -0.3 is 9.80 Å². The summed E-state index contributed by atoms with van der Waals surface area (Å²) in [6.45, 7) is 1.69. The van der Waals surface area contributed by atoms with Crippen LogP contribution in [0.4, 0.5) is 0 Å². The van der Waals surface area contributed by atoms with Crippen molar-refractivity contribution in [3.05, 3.63) is 0 Å². The van der Waals surface area contributed by atoms with E-state index in [1.54, 1.807) is 16.8 Å². The van der Waals surface area contributed by atoms with Crippen molar-refractivity contribution >= 4 is 11.8 Å². The molecule has 4 heteroatoms. The molecule has 16 heavy (non-hydrogen) atoms. The van der Waals surface area contributed by atoms with Crippen molar-refractivity contribution in [3.8, 4) is 0 Å². The highest BCUT2D eigenvalue weighted by molar-refractivity contribution is 5.87. The highest BCUT2D eigenvalue weighted by Gasteiger charge is 2.49. The van der Waals surface area contributed by atoms with Gasteiger partial charge in [-0.3, -0.25) is 9.59 Å². The molecule has 0 aromatic heterocycles. The number of hydrogen-bond donors (Lipinski definition) is 0. The molecule has 2 amide bonds. The summed E-state index contributed by atoms with van der Waals surface area (Å²) in [6, 6.07) is 0. The highest BCUT2D eigenvalue weighted by atomic mass is 16.2. The van der Waals surface area contributed by atoms with Crippen molar-refractivity contribution in [2.45, 2.75) is 19.3 Å². The molecule has 3 fully saturated rings. The largest absolute Gasteiger partial charge is 0.342 e. The lowest BCUT2D eigenvalue weighted by molar-refractivity contribution is -0.146. The number of carbonyl (C=O) groups excluding carboxylic acids is 2. The van der Waals surface area contributed by atoms with Gasteiger partial charge in [0.05, 0.1) is 6.54 Å². The van der Waals surface area contributed by atoms with E-state index in [-0.39, 0.29) is 17.7 Å². The lowest BCUT2D eigenvalue weighted by Gasteiger charge is -2.33. The van der Waals surface area contributed by atoms with Crippen LogP contribution in [0, 0.1) is 17.8 Å². The second-order valence-electron chi connectivity index (χ2n) is 5.50. The maximum atomic E-state index is 12.2. The van der Waals surface area contributed by atoms with Crippen molar-refractivity contribution in [1.29, 1.82) is 0 Å². The zero-order valence-corrected chi connectivity index (χ0v) is 9.69. The number of piperazine rings is 1. The fourth-order valence-electron chi connectivity index (χ4n) is 3.12. The molecule has 1 heterocycles. The summed E-state index contributed by atoms with van der Waals surface area (Å²) >= 11 is 0. The number of carbonyl (C=O) groups is 2. The smallest absolute Gasteiger partial charge is 0.241 e. The van der Waals surface area contributed by atoms with Crippen LogP contribution in [0.25, 0.3) is 0 Å². The van der Waals surface area contributed by atoms with Crippen LogP contribution in [0.15, 0.2) is 0 Å². The molecular weight excluding hydrogens is 204 g/mol. The van der Waals surface area contributed by atoms with Crippen LogP contribution in [0.2, 0.25) is 0 Å². The summed E-state index contributed by atoms with van der Waals surface area (Å²) < 4.78 is 0. The molecule has 0 aromatic carbocycles. The van der Waals surface area contributed by atoms with Crippen LogP contribution in [0.1, 0.15) is 19.3 Å². The van der Waals surface area contributed by atoms with Gasteiger partial charge in [0.1, 0.15) is 0 Å². The first-order valence-corrected chi connectivity index (χ1v) is 6.18. The molecule has 3 rings (SSSR count). The Labute approximate surface area is 95.6 Å². The average Bonchev–Trinajstić information content (AvgIpc) is 2.89. The van der Waals surface area contributed by atoms with Crippen molar-refractivity contribution in [2.75, 3.05) is 26.7 Å². The van der Waals surface area contributed by atoms with Gasteiger partial charge in [-0.25, -0.2) is 0 Å². The van der Waals surface area contributed by atoms with Gasteiger partial charge in [0, 0.05) is 26.1 Å². The van der Waals surface area contributed by atoms with E-state index in [0.29, 0.717) is 19.6 Å². The minimum absolute atomic E-state index is 0.0720. The van der Waals surface area contributed by atoms with Gasteiger partial charge in [0.15, 0.2) is 0 Å². The Bertz CT molecular complexity index is 332. The van der Waals surface area contributed by atoms with Crippen LogP contribution in [-0.4, -0.2) is 48.3 Å². The summed E-state index contributed by atoms with van der Waals surface area (Å²) in [5, 5.41) is 0. The molecule has 1 aliphatic heterocycles. The number of rotatable bonds is 1. The van der Waals surface area contributed by atoms with E-state index in [4.69, 9.17) is 0 Å². The second-order valence-corrected chi connectivity index (χ2v) is 5.50. The molecule has 2 aliphatic carbocycles. The lowest BCUT2D eigenvalue weighted by Crippen LogP contribution is -2.52. The van der Waals surface area contributed by atoms with Crippen molar-refractivity contribution < 1.29 is 9.59 Å². The minimum Gasteiger partial charge on any atom is -0.342 e. The predicted molar refractivity (Wildman–Crippen MR) is 58.5 cm³/mol. The van der Waals surface area contributed by atoms with E-state index in [0.717, 1.165) is 24.7 Å². The standard InChI is InChI=1S/C12H18N2O2/c1-13-2-3-14(7-11(13)15)12(16)10-5-8-4-9(8)6-10/h8-10H,2-7H2,1H3. The molecular formula is C12H18N2O2. The molecule has 0 N–H and O–H groups in total. The van der Waals surface area contributed by atoms with Crippen LogP contribution in [0.5, 0.6) is 0 Å². The zero-order valence-electron chi connectivity index (χ0n) is 9.69. The number of likely N-dealkylation sites (N-methyl/N-ethyl adjacent to an activating group) is 1. The Kier molecular flexibility index (Phi) is 2.19. The summed E-state index contributed by atoms with van der Waals surface area (Å²) in [5.41, 5.74) is 0. The zero-order chi connectivity index (χ0) is 11.3. The van der Waals surface area contributed by atoms with E-state index in [2.05, 4.69) is 0 Å². The first-order valence-electron chi connectivity index (χ1n) is 6.18. The van der Waals surface area contributed by atoms with Gasteiger partial charge in [-0.15, -0.1) is 0 Å². The summed E-state index contributed by atoms with van der Waals surface area (Å²) in [6.07, 6.45) is 3.49. The molecule has 4 nitrogen and oxygen atoms in total. The third kappa shape index (κ3) is 1.60. The molecule has 2 atom stereocenters. The first-order chi connectivity index (χ1) is 7.65. The van der Waals surface area contributed by atoms with Crippen LogP contribution < -0.4 is 0 Å². The van der Waals surface area contributed by atoms with E-state index >= 15 is 0 Å². The number of amides is 2. The predicted octanol–water partition coefficient (Wildman–Crippen LogP) is 0.333. The van der Waals surface area contributed by atoms with Gasteiger partial charge in [-0.05, 0) is 31.1 Å². The summed E-state index contributed by atoms with van der Waals surface area (Å²) in [7, 11) is 1.80. The average molecular weight is 222 g/mol. The molecule has 3 aliphatic rings. The fourth-order valence-corrected chi connectivity index (χ4v) is 3.12. The van der Waals surface area contributed by atoms with Crippen molar-refractivity contribution in [3.63, 3.8) is 0 Å². The van der Waals surface area contributed by atoms with Crippen LogP contribution in [0.3, 0.4) is 0 Å². The minimum atomic E-state index is 0.0720. The Balaban J connectivity index is 1.60. The monoisotopic (exact) mass is 222 g/mol. The molecule has 0 bridgehead atoms. The Hall–Kier alpha value is -1.06. The van der Waals surface area contributed by atoms with Gasteiger partial charge in [0.2, 0.25) is 11.8 Å². The van der Waals surface area contributed by atoms with E-state index < -0.39 is 0 Å². The maximum Gasteiger partial charge on any atom is 0.241 e. The van der Waals surface area contributed by atoms with Crippen molar-refractivity contribution in [2.24, 2.45) is 17.8 Å². The summed E-state index contributed by atoms with van der Waals surface area (Å²) in [4.78, 5) is 27.2. The van der Waals surface area contributed by atoms with E-state index in [1.165, 1.54) is 6.42 Å². The SMILES string of the molecule is CN1CCN(C(=O)C2CC3CC3C2)CC1=O. The van der Waals surface area contributed by atoms with Crippen molar-refractivity contribution in [1.82, 2.24) is 9.80 Å². The number of hydrogen-bond acceptors (Lipinski definition) is 2. The molecule has 1 saturated heterocycles. The molecule has 0 radical (unpaired) electrons. The molecule has 88 valence electrons. The van der Waals surface area contributed by atoms with Gasteiger partial charge in [-0.1, -0.05) is 0 Å². The third-order valence-electron chi connectivity index (χ3n) is 4.36. The van der Waals surface area contributed by atoms with Crippen LogP contribution >= 0.6 is 0 Å². The van der Waals surface area contributed by atoms with Gasteiger partial charge >= 0.3 is 0 Å². The molecule has 2 unspecified atom stereocenters. The fraction of sp³-hybridized carbons (Fsp3) is 0.833. The molecule has 0 spiro atoms. The van der Waals surface area contributed by atoms with Gasteiger partial charge in [-0.2, -0.15) is 0 Å². The maximum absolute atomic E-state index is 12.2. The molecule has 0 aromatic rings. The lowest BCUT2D eigenvalue weighted by atomic mass is 10.0. The Morgan fingerprint density at radius 2 is 1.88 bits per heavy atom. The quantitative estimate of drug-likeness (QED) is 0.641. The van der Waals surface area contributed by atoms with Gasteiger partial charge in [0.25, 0.3) is 0 Å². The first kappa shape index (κ1) is 10.1. The normalized spacial score (nSPS) is 37.6. The Morgan fingerprint density at radius 3 is 2.50 bits per heavy atom. The van der Waals surface area contributed by atoms with E-state index in [1.807, 2.05) is 0 Å². The second kappa shape index (κ2) is 3.47. The third-order valence-corrected chi connectivity index (χ3v) is 4.36. The molecule has 2 saturated carbocycles. The van der Waals surface area contributed by atoms with E-state index in [9.17, 15) is 9.59 Å². The highest BCUT2D eigenvalue weighted by Crippen LogP contribution is 2.54. The number of nitrogens with zero attached hydrogens (tertiary/aromatic N) is 2. The Morgan fingerprint density at radius 1 is 1.19 bits per heavy atom. The van der Waals surface area contributed by atoms with Crippen LogP contribution in [-0.2, 0) is 9.59 Å². The summed E-state index contributed by atoms with van der Waals surface area (Å²) in [5.74, 6) is 2.19. The number of fused-ring (bicyclic) bond motifs is 1.